The summed E-state index contributed by atoms with van der Waals surface area (Å²) in [4.78, 5) is 27.6. The summed E-state index contributed by atoms with van der Waals surface area (Å²) >= 11 is 6.47. The zero-order valence-electron chi connectivity index (χ0n) is 22.9. The number of hydrogen-bond acceptors (Lipinski definition) is 6. The Morgan fingerprint density at radius 1 is 1.00 bits per heavy atom. The van der Waals surface area contributed by atoms with Crippen LogP contribution in [0.3, 0.4) is 0 Å². The van der Waals surface area contributed by atoms with Crippen LogP contribution in [0.2, 0.25) is 5.02 Å². The number of ether oxygens (including phenoxy) is 3. The molecule has 0 aliphatic carbocycles. The second kappa shape index (κ2) is 12.8. The van der Waals surface area contributed by atoms with E-state index >= 15 is 0 Å². The second-order valence-electron chi connectivity index (χ2n) is 9.96. The van der Waals surface area contributed by atoms with E-state index in [0.29, 0.717) is 30.2 Å². The Kier molecular flexibility index (Phi) is 8.75. The van der Waals surface area contributed by atoms with E-state index in [9.17, 15) is 9.59 Å². The Morgan fingerprint density at radius 3 is 2.59 bits per heavy atom. The molecule has 1 aliphatic heterocycles. The third-order valence-corrected chi connectivity index (χ3v) is 7.17. The maximum absolute atomic E-state index is 13.0. The largest absolute Gasteiger partial charge is 0.490 e. The van der Waals surface area contributed by atoms with Crippen molar-refractivity contribution in [3.05, 3.63) is 118 Å². The summed E-state index contributed by atoms with van der Waals surface area (Å²) < 4.78 is 17.4. The first kappa shape index (κ1) is 28.1. The molecule has 1 N–H and O–H groups in total. The predicted molar refractivity (Wildman–Crippen MR) is 160 cm³/mol. The number of esters is 1. The lowest BCUT2D eigenvalue weighted by Gasteiger charge is -2.33. The number of halogens is 1. The molecule has 210 valence electrons. The highest BCUT2D eigenvalue weighted by atomic mass is 35.5. The van der Waals surface area contributed by atoms with Gasteiger partial charge in [0.2, 0.25) is 0 Å². The number of hydrogen-bond donors (Lipinski definition) is 1. The van der Waals surface area contributed by atoms with Gasteiger partial charge in [0.25, 0.3) is 5.91 Å². The fourth-order valence-electron chi connectivity index (χ4n) is 4.62. The fraction of sp³-hybridized carbons (Fsp3) is 0.212. The van der Waals surface area contributed by atoms with Gasteiger partial charge in [-0.3, -0.25) is 9.59 Å². The van der Waals surface area contributed by atoms with Gasteiger partial charge in [-0.15, -0.1) is 0 Å². The van der Waals surface area contributed by atoms with Gasteiger partial charge >= 0.3 is 5.97 Å². The van der Waals surface area contributed by atoms with E-state index in [2.05, 4.69) is 10.2 Å². The Morgan fingerprint density at radius 2 is 1.78 bits per heavy atom. The minimum atomic E-state index is -0.364. The van der Waals surface area contributed by atoms with Crippen molar-refractivity contribution in [3.8, 4) is 11.5 Å². The van der Waals surface area contributed by atoms with Gasteiger partial charge in [0.05, 0.1) is 29.2 Å². The molecule has 0 bridgehead atoms. The Labute approximate surface area is 244 Å². The van der Waals surface area contributed by atoms with Gasteiger partial charge in [-0.05, 0) is 66.1 Å². The van der Waals surface area contributed by atoms with E-state index in [-0.39, 0.29) is 36.0 Å². The number of nitrogens with one attached hydrogen (secondary N) is 1. The lowest BCUT2D eigenvalue weighted by atomic mass is 10.0. The summed E-state index contributed by atoms with van der Waals surface area (Å²) in [7, 11) is 2.02. The van der Waals surface area contributed by atoms with Crippen LogP contribution in [0.15, 0.2) is 91.0 Å². The predicted octanol–water partition coefficient (Wildman–Crippen LogP) is 6.46. The molecule has 4 aromatic rings. The van der Waals surface area contributed by atoms with E-state index in [1.807, 2.05) is 74.6 Å². The van der Waals surface area contributed by atoms with E-state index in [1.165, 1.54) is 0 Å². The number of para-hydroxylation sites is 2. The van der Waals surface area contributed by atoms with Crippen LogP contribution in [-0.4, -0.2) is 38.2 Å². The van der Waals surface area contributed by atoms with Crippen LogP contribution in [0.1, 0.15) is 27.0 Å². The van der Waals surface area contributed by atoms with Gasteiger partial charge in [0.15, 0.2) is 0 Å². The third kappa shape index (κ3) is 7.18. The van der Waals surface area contributed by atoms with Crippen LogP contribution in [0.5, 0.6) is 11.5 Å². The number of carbonyl (C=O) groups is 2. The Hall–Kier alpha value is -4.49. The molecular formula is C33H31ClN2O5. The minimum Gasteiger partial charge on any atom is -0.490 e. The van der Waals surface area contributed by atoms with Crippen LogP contribution in [-0.2, 0) is 22.6 Å². The molecule has 1 atom stereocenters. The van der Waals surface area contributed by atoms with E-state index in [1.54, 1.807) is 30.3 Å². The molecule has 0 spiro atoms. The van der Waals surface area contributed by atoms with Crippen molar-refractivity contribution in [1.29, 1.82) is 0 Å². The number of fused-ring (bicyclic) bond motifs is 1. The highest BCUT2D eigenvalue weighted by molar-refractivity contribution is 6.34. The van der Waals surface area contributed by atoms with Crippen molar-refractivity contribution >= 4 is 34.9 Å². The standard InChI is InChI=1S/C33H31ClN2O5/c1-22-12-13-25(16-24(22)17-32(37)40-20-23-8-4-3-5-9-23)35-33(38)28-15-14-26(18-29(28)34)39-21-27-19-36(2)30-10-6-7-11-31(30)41-27/h3-16,18,27H,17,19-21H2,1-2H3,(H,35,38)/t27-/m0/s1. The molecule has 0 fully saturated rings. The maximum atomic E-state index is 13.0. The summed E-state index contributed by atoms with van der Waals surface area (Å²) in [5, 5.41) is 3.14. The van der Waals surface area contributed by atoms with Crippen LogP contribution in [0.25, 0.3) is 0 Å². The normalized spacial score (nSPS) is 14.0. The number of carbonyl (C=O) groups excluding carboxylic acids is 2. The number of benzene rings is 4. The van der Waals surface area contributed by atoms with Crippen molar-refractivity contribution in [2.75, 3.05) is 30.4 Å². The first-order valence-electron chi connectivity index (χ1n) is 13.4. The highest BCUT2D eigenvalue weighted by Gasteiger charge is 2.24. The molecule has 0 saturated carbocycles. The van der Waals surface area contributed by atoms with E-state index < -0.39 is 0 Å². The number of rotatable bonds is 9. The molecular weight excluding hydrogens is 540 g/mol. The van der Waals surface area contributed by atoms with Crippen molar-refractivity contribution in [1.82, 2.24) is 0 Å². The zero-order valence-corrected chi connectivity index (χ0v) is 23.7. The first-order chi connectivity index (χ1) is 19.9. The molecule has 1 amide bonds. The van der Waals surface area contributed by atoms with Crippen molar-refractivity contribution < 1.29 is 23.8 Å². The zero-order chi connectivity index (χ0) is 28.8. The van der Waals surface area contributed by atoms with Gasteiger partial charge < -0.3 is 24.4 Å². The molecule has 5 rings (SSSR count). The topological polar surface area (TPSA) is 77.1 Å². The molecule has 8 heteroatoms. The lowest BCUT2D eigenvalue weighted by molar-refractivity contribution is -0.144. The van der Waals surface area contributed by atoms with Crippen molar-refractivity contribution in [3.63, 3.8) is 0 Å². The van der Waals surface area contributed by atoms with Gasteiger partial charge in [0.1, 0.15) is 30.8 Å². The van der Waals surface area contributed by atoms with Crippen LogP contribution < -0.4 is 19.7 Å². The van der Waals surface area contributed by atoms with Gasteiger partial charge in [-0.2, -0.15) is 0 Å². The molecule has 0 unspecified atom stereocenters. The third-order valence-electron chi connectivity index (χ3n) is 6.85. The molecule has 0 radical (unpaired) electrons. The summed E-state index contributed by atoms with van der Waals surface area (Å²) in [5.41, 5.74) is 4.54. The number of amides is 1. The number of nitrogens with zero attached hydrogens (tertiary/aromatic N) is 1. The lowest BCUT2D eigenvalue weighted by Crippen LogP contribution is -2.41. The van der Waals surface area contributed by atoms with Crippen molar-refractivity contribution in [2.45, 2.75) is 26.1 Å². The Balaban J connectivity index is 1.16. The summed E-state index contributed by atoms with van der Waals surface area (Å²) in [6, 6.07) is 27.8. The second-order valence-corrected chi connectivity index (χ2v) is 10.4. The van der Waals surface area contributed by atoms with Gasteiger partial charge in [-0.25, -0.2) is 0 Å². The summed E-state index contributed by atoms with van der Waals surface area (Å²) in [6.07, 6.45) is -0.0515. The Bertz CT molecular complexity index is 1540. The highest BCUT2D eigenvalue weighted by Crippen LogP contribution is 2.32. The van der Waals surface area contributed by atoms with Crippen molar-refractivity contribution in [2.24, 2.45) is 0 Å². The number of likely N-dealkylation sites (N-methyl/N-ethyl adjacent to an activating group) is 1. The maximum Gasteiger partial charge on any atom is 0.310 e. The van der Waals surface area contributed by atoms with Gasteiger partial charge in [-0.1, -0.05) is 60.1 Å². The average molecular weight is 571 g/mol. The number of aryl methyl sites for hydroxylation is 1. The SMILES string of the molecule is Cc1ccc(NC(=O)c2ccc(OC[C@@H]3CN(C)c4ccccc4O3)cc2Cl)cc1CC(=O)OCc1ccccc1. The molecule has 41 heavy (non-hydrogen) atoms. The van der Waals surface area contributed by atoms with Crippen LogP contribution >= 0.6 is 11.6 Å². The summed E-state index contributed by atoms with van der Waals surface area (Å²) in [6.45, 7) is 3.15. The molecule has 0 saturated heterocycles. The minimum absolute atomic E-state index is 0.0985. The molecule has 4 aromatic carbocycles. The molecule has 1 aliphatic rings. The van der Waals surface area contributed by atoms with Crippen LogP contribution in [0, 0.1) is 6.92 Å². The summed E-state index contributed by atoms with van der Waals surface area (Å²) in [5.74, 6) is 0.664. The number of anilines is 2. The fourth-order valence-corrected chi connectivity index (χ4v) is 4.88. The van der Waals surface area contributed by atoms with E-state index in [4.69, 9.17) is 25.8 Å². The quantitative estimate of drug-likeness (QED) is 0.233. The molecule has 1 heterocycles. The van der Waals surface area contributed by atoms with Crippen LogP contribution in [0.4, 0.5) is 11.4 Å². The average Bonchev–Trinajstić information content (AvgIpc) is 2.97. The molecule has 7 nitrogen and oxygen atoms in total. The first-order valence-corrected chi connectivity index (χ1v) is 13.7. The van der Waals surface area contributed by atoms with Gasteiger partial charge in [0, 0.05) is 12.7 Å². The van der Waals surface area contributed by atoms with E-state index in [0.717, 1.165) is 28.1 Å². The monoisotopic (exact) mass is 570 g/mol. The molecule has 0 aromatic heterocycles. The smallest absolute Gasteiger partial charge is 0.310 e.